The van der Waals surface area contributed by atoms with Crippen LogP contribution in [-0.2, 0) is 4.74 Å². The average molecular weight is 240 g/mol. The van der Waals surface area contributed by atoms with Crippen LogP contribution in [0.3, 0.4) is 0 Å². The highest BCUT2D eigenvalue weighted by Crippen LogP contribution is 2.27. The van der Waals surface area contributed by atoms with Gasteiger partial charge < -0.3 is 15.0 Å². The zero-order valence-corrected chi connectivity index (χ0v) is 11.5. The molecule has 3 unspecified atom stereocenters. The molecule has 0 spiro atoms. The fraction of sp³-hybridized carbons (Fsp3) is 1.00. The van der Waals surface area contributed by atoms with Crippen molar-refractivity contribution in [1.82, 2.24) is 10.2 Å². The lowest BCUT2D eigenvalue weighted by molar-refractivity contribution is 0.145. The fourth-order valence-corrected chi connectivity index (χ4v) is 3.24. The number of rotatable bonds is 6. The van der Waals surface area contributed by atoms with E-state index in [-0.39, 0.29) is 0 Å². The molecule has 1 heterocycles. The molecule has 3 heteroatoms. The Labute approximate surface area is 106 Å². The number of likely N-dealkylation sites (N-methyl/N-ethyl adjacent to an activating group) is 1. The second-order valence-electron chi connectivity index (χ2n) is 5.71. The summed E-state index contributed by atoms with van der Waals surface area (Å²) in [5, 5.41) is 3.72. The van der Waals surface area contributed by atoms with Crippen molar-refractivity contribution in [3.8, 4) is 0 Å². The molecule has 3 atom stereocenters. The highest BCUT2D eigenvalue weighted by Gasteiger charge is 2.30. The van der Waals surface area contributed by atoms with Crippen molar-refractivity contribution in [3.63, 3.8) is 0 Å². The number of nitrogens with zero attached hydrogens (tertiary/aromatic N) is 1. The second kappa shape index (κ2) is 6.72. The molecular weight excluding hydrogens is 212 g/mol. The van der Waals surface area contributed by atoms with Crippen molar-refractivity contribution in [2.45, 2.75) is 51.1 Å². The summed E-state index contributed by atoms with van der Waals surface area (Å²) in [6, 6.07) is 1.43. The molecule has 17 heavy (non-hydrogen) atoms. The lowest BCUT2D eigenvalue weighted by atomic mass is 10.0. The quantitative estimate of drug-likeness (QED) is 0.767. The van der Waals surface area contributed by atoms with Gasteiger partial charge in [0, 0.05) is 25.2 Å². The fourth-order valence-electron chi connectivity index (χ4n) is 3.24. The van der Waals surface area contributed by atoms with E-state index in [9.17, 15) is 0 Å². The first kappa shape index (κ1) is 13.3. The molecule has 0 aromatic carbocycles. The van der Waals surface area contributed by atoms with Crippen LogP contribution in [-0.4, -0.2) is 50.3 Å². The highest BCUT2D eigenvalue weighted by atomic mass is 16.5. The van der Waals surface area contributed by atoms with E-state index in [1.807, 2.05) is 0 Å². The van der Waals surface area contributed by atoms with Gasteiger partial charge in [0.25, 0.3) is 0 Å². The van der Waals surface area contributed by atoms with Crippen LogP contribution in [0.4, 0.5) is 0 Å². The third kappa shape index (κ3) is 3.67. The van der Waals surface area contributed by atoms with Crippen LogP contribution in [0, 0.1) is 5.92 Å². The third-order valence-electron chi connectivity index (χ3n) is 4.37. The zero-order chi connectivity index (χ0) is 12.1. The molecule has 1 aliphatic carbocycles. The van der Waals surface area contributed by atoms with Crippen molar-refractivity contribution in [1.29, 1.82) is 0 Å². The van der Waals surface area contributed by atoms with E-state index in [0.29, 0.717) is 6.04 Å². The topological polar surface area (TPSA) is 24.5 Å². The lowest BCUT2D eigenvalue weighted by Gasteiger charge is -2.29. The summed E-state index contributed by atoms with van der Waals surface area (Å²) in [6.07, 6.45) is 6.64. The molecule has 1 N–H and O–H groups in total. The van der Waals surface area contributed by atoms with Crippen LogP contribution in [0.15, 0.2) is 0 Å². The van der Waals surface area contributed by atoms with Gasteiger partial charge in [0.05, 0.1) is 6.61 Å². The molecule has 0 radical (unpaired) electrons. The average Bonchev–Trinajstić information content (AvgIpc) is 2.97. The van der Waals surface area contributed by atoms with Crippen molar-refractivity contribution >= 4 is 0 Å². The van der Waals surface area contributed by atoms with Gasteiger partial charge in [0.1, 0.15) is 0 Å². The van der Waals surface area contributed by atoms with Gasteiger partial charge in [-0.15, -0.1) is 0 Å². The Bertz CT molecular complexity index is 216. The van der Waals surface area contributed by atoms with Gasteiger partial charge in [0.2, 0.25) is 0 Å². The minimum Gasteiger partial charge on any atom is -0.380 e. The molecule has 2 rings (SSSR count). The van der Waals surface area contributed by atoms with Crippen LogP contribution in [0.1, 0.15) is 39.0 Å². The highest BCUT2D eigenvalue weighted by molar-refractivity contribution is 4.86. The van der Waals surface area contributed by atoms with Crippen LogP contribution in [0.5, 0.6) is 0 Å². The molecule has 1 saturated carbocycles. The minimum absolute atomic E-state index is 0.669. The lowest BCUT2D eigenvalue weighted by Crippen LogP contribution is -2.42. The van der Waals surface area contributed by atoms with Crippen molar-refractivity contribution in [2.75, 3.05) is 33.4 Å². The maximum absolute atomic E-state index is 5.48. The van der Waals surface area contributed by atoms with Crippen molar-refractivity contribution in [3.05, 3.63) is 0 Å². The number of nitrogens with one attached hydrogen (secondary N) is 1. The minimum atomic E-state index is 0.669. The monoisotopic (exact) mass is 240 g/mol. The summed E-state index contributed by atoms with van der Waals surface area (Å²) >= 11 is 0. The molecule has 3 nitrogen and oxygen atoms in total. The van der Waals surface area contributed by atoms with Crippen LogP contribution in [0.2, 0.25) is 0 Å². The van der Waals surface area contributed by atoms with Gasteiger partial charge in [-0.1, -0.05) is 13.3 Å². The number of ether oxygens (including phenoxy) is 1. The molecule has 0 amide bonds. The summed E-state index contributed by atoms with van der Waals surface area (Å²) in [5.41, 5.74) is 0. The summed E-state index contributed by atoms with van der Waals surface area (Å²) in [7, 11) is 2.27. The van der Waals surface area contributed by atoms with E-state index < -0.39 is 0 Å². The van der Waals surface area contributed by atoms with Gasteiger partial charge in [0.15, 0.2) is 0 Å². The second-order valence-corrected chi connectivity index (χ2v) is 5.71. The predicted octanol–water partition coefficient (Wildman–Crippen LogP) is 1.88. The summed E-state index contributed by atoms with van der Waals surface area (Å²) in [5.74, 6) is 0.854. The Balaban J connectivity index is 1.76. The SMILES string of the molecule is CCCNC1CCCC1CN(C)C1CCOC1. The third-order valence-corrected chi connectivity index (χ3v) is 4.37. The molecular formula is C14H28N2O. The molecule has 0 aromatic heterocycles. The van der Waals surface area contributed by atoms with Crippen molar-refractivity contribution < 1.29 is 4.74 Å². The number of hydrogen-bond donors (Lipinski definition) is 1. The van der Waals surface area contributed by atoms with Crippen LogP contribution >= 0.6 is 0 Å². The van der Waals surface area contributed by atoms with Gasteiger partial charge in [-0.05, 0) is 45.2 Å². The van der Waals surface area contributed by atoms with Crippen LogP contribution in [0.25, 0.3) is 0 Å². The summed E-state index contributed by atoms with van der Waals surface area (Å²) < 4.78 is 5.48. The standard InChI is InChI=1S/C14H28N2O/c1-3-8-15-14-6-4-5-12(14)10-16(2)13-7-9-17-11-13/h12-15H,3-11H2,1-2H3. The Morgan fingerprint density at radius 1 is 1.29 bits per heavy atom. The Kier molecular flexibility index (Phi) is 5.26. The first-order valence-electron chi connectivity index (χ1n) is 7.32. The van der Waals surface area contributed by atoms with E-state index in [1.165, 1.54) is 45.2 Å². The van der Waals surface area contributed by atoms with Crippen LogP contribution < -0.4 is 5.32 Å². The van der Waals surface area contributed by atoms with E-state index in [0.717, 1.165) is 25.2 Å². The van der Waals surface area contributed by atoms with E-state index in [2.05, 4.69) is 24.2 Å². The van der Waals surface area contributed by atoms with Gasteiger partial charge >= 0.3 is 0 Å². The van der Waals surface area contributed by atoms with Gasteiger partial charge in [-0.2, -0.15) is 0 Å². The molecule has 2 aliphatic rings. The molecule has 1 aliphatic heterocycles. The van der Waals surface area contributed by atoms with E-state index in [4.69, 9.17) is 4.74 Å². The molecule has 100 valence electrons. The summed E-state index contributed by atoms with van der Waals surface area (Å²) in [4.78, 5) is 2.53. The maximum Gasteiger partial charge on any atom is 0.0622 e. The molecule has 2 fully saturated rings. The Morgan fingerprint density at radius 2 is 2.18 bits per heavy atom. The molecule has 0 aromatic rings. The Hall–Kier alpha value is -0.120. The summed E-state index contributed by atoms with van der Waals surface area (Å²) in [6.45, 7) is 6.57. The molecule has 1 saturated heterocycles. The van der Waals surface area contributed by atoms with E-state index >= 15 is 0 Å². The Morgan fingerprint density at radius 3 is 2.88 bits per heavy atom. The number of hydrogen-bond acceptors (Lipinski definition) is 3. The van der Waals surface area contributed by atoms with E-state index in [1.54, 1.807) is 0 Å². The van der Waals surface area contributed by atoms with Crippen molar-refractivity contribution in [2.24, 2.45) is 5.92 Å². The largest absolute Gasteiger partial charge is 0.380 e. The normalized spacial score (nSPS) is 33.7. The first-order chi connectivity index (χ1) is 8.31. The zero-order valence-electron chi connectivity index (χ0n) is 11.5. The van der Waals surface area contributed by atoms with Gasteiger partial charge in [-0.25, -0.2) is 0 Å². The van der Waals surface area contributed by atoms with Gasteiger partial charge in [-0.3, -0.25) is 0 Å². The smallest absolute Gasteiger partial charge is 0.0622 e. The first-order valence-corrected chi connectivity index (χ1v) is 7.32. The maximum atomic E-state index is 5.48. The molecule has 0 bridgehead atoms. The predicted molar refractivity (Wildman–Crippen MR) is 71.3 cm³/mol.